The van der Waals surface area contributed by atoms with Gasteiger partial charge in [-0.1, -0.05) is 43.7 Å². The molecule has 6 heteroatoms. The van der Waals surface area contributed by atoms with Gasteiger partial charge in [0.25, 0.3) is 0 Å². The average Bonchev–Trinajstić information content (AvgIpc) is 2.88. The Hall–Kier alpha value is -2.37. The minimum absolute atomic E-state index is 0.304. The number of nitrogens with one attached hydrogen (secondary N) is 2. The Labute approximate surface area is 111 Å². The van der Waals surface area contributed by atoms with Crippen molar-refractivity contribution in [3.05, 3.63) is 30.3 Å². The van der Waals surface area contributed by atoms with E-state index in [2.05, 4.69) is 32.5 Å². The first kappa shape index (κ1) is 13.1. The number of hydrogen-bond acceptors (Lipinski definition) is 4. The Morgan fingerprint density at radius 2 is 2.05 bits per heavy atom. The van der Waals surface area contributed by atoms with Gasteiger partial charge in [0.15, 0.2) is 5.69 Å². The number of anilines is 1. The zero-order valence-corrected chi connectivity index (χ0v) is 10.7. The van der Waals surface area contributed by atoms with Crippen molar-refractivity contribution in [2.24, 2.45) is 0 Å². The van der Waals surface area contributed by atoms with Crippen LogP contribution in [0.2, 0.25) is 0 Å². The molecule has 0 saturated carbocycles. The van der Waals surface area contributed by atoms with Crippen LogP contribution < -0.4 is 10.6 Å². The van der Waals surface area contributed by atoms with E-state index in [4.69, 9.17) is 0 Å². The fraction of sp³-hybridized carbons (Fsp3) is 0.308. The summed E-state index contributed by atoms with van der Waals surface area (Å²) in [5.74, 6) is 0.320. The van der Waals surface area contributed by atoms with E-state index in [9.17, 15) is 4.79 Å². The molecule has 2 aromatic rings. The fourth-order valence-corrected chi connectivity index (χ4v) is 1.59. The molecule has 0 unspecified atom stereocenters. The third kappa shape index (κ3) is 3.54. The Kier molecular flexibility index (Phi) is 4.49. The number of carbonyl (C=O) groups excluding carboxylic acids is 1. The summed E-state index contributed by atoms with van der Waals surface area (Å²) in [6, 6.07) is 9.12. The van der Waals surface area contributed by atoms with Crippen LogP contribution in [0.3, 0.4) is 0 Å². The number of urea groups is 1. The van der Waals surface area contributed by atoms with E-state index in [0.29, 0.717) is 18.1 Å². The van der Waals surface area contributed by atoms with Crippen LogP contribution in [0.1, 0.15) is 19.8 Å². The maximum atomic E-state index is 11.6. The molecule has 0 radical (unpaired) electrons. The van der Waals surface area contributed by atoms with Gasteiger partial charge in [0.2, 0.25) is 5.82 Å². The zero-order chi connectivity index (χ0) is 13.5. The quantitative estimate of drug-likeness (QED) is 0.810. The molecule has 6 nitrogen and oxygen atoms in total. The smallest absolute Gasteiger partial charge is 0.320 e. The number of hydrogen-bond donors (Lipinski definition) is 2. The lowest BCUT2D eigenvalue weighted by Gasteiger charge is -2.05. The zero-order valence-electron chi connectivity index (χ0n) is 10.7. The average molecular weight is 260 g/mol. The second-order valence-corrected chi connectivity index (χ2v) is 4.06. The molecule has 2 amide bonds. The van der Waals surface area contributed by atoms with Crippen molar-refractivity contribution in [1.82, 2.24) is 15.6 Å². The fourth-order valence-electron chi connectivity index (χ4n) is 1.59. The van der Waals surface area contributed by atoms with E-state index in [1.165, 1.54) is 0 Å². The summed E-state index contributed by atoms with van der Waals surface area (Å²) in [6.45, 7) is 2.70. The van der Waals surface area contributed by atoms with Gasteiger partial charge in [-0.05, 0) is 16.7 Å². The van der Waals surface area contributed by atoms with Gasteiger partial charge < -0.3 is 5.32 Å². The minimum atomic E-state index is -0.304. The maximum absolute atomic E-state index is 11.6. The van der Waals surface area contributed by atoms with Gasteiger partial charge in [-0.3, -0.25) is 5.32 Å². The van der Waals surface area contributed by atoms with Crippen LogP contribution in [-0.2, 0) is 0 Å². The van der Waals surface area contributed by atoms with Gasteiger partial charge >= 0.3 is 6.03 Å². The summed E-state index contributed by atoms with van der Waals surface area (Å²) in [5, 5.41) is 12.9. The highest BCUT2D eigenvalue weighted by molar-refractivity contribution is 5.91. The third-order valence-electron chi connectivity index (χ3n) is 2.58. The van der Waals surface area contributed by atoms with Crippen LogP contribution in [0.15, 0.2) is 35.0 Å². The summed E-state index contributed by atoms with van der Waals surface area (Å²) in [4.78, 5) is 11.6. The van der Waals surface area contributed by atoms with Crippen LogP contribution >= 0.6 is 0 Å². The lowest BCUT2D eigenvalue weighted by molar-refractivity contribution is 0.251. The standard InChI is InChI=1S/C13H16N4O2/c1-2-3-9-14-13(18)15-12-11(16-19-17-12)10-7-5-4-6-8-10/h4-8H,2-3,9H2,1H3,(H2,14,15,17,18). The van der Waals surface area contributed by atoms with E-state index in [0.717, 1.165) is 18.4 Å². The van der Waals surface area contributed by atoms with Gasteiger partial charge in [0.1, 0.15) is 0 Å². The Morgan fingerprint density at radius 1 is 1.26 bits per heavy atom. The highest BCUT2D eigenvalue weighted by Gasteiger charge is 2.14. The summed E-state index contributed by atoms with van der Waals surface area (Å²) < 4.78 is 4.68. The van der Waals surface area contributed by atoms with E-state index in [-0.39, 0.29) is 6.03 Å². The summed E-state index contributed by atoms with van der Waals surface area (Å²) in [6.07, 6.45) is 1.97. The van der Waals surface area contributed by atoms with E-state index in [1.807, 2.05) is 30.3 Å². The van der Waals surface area contributed by atoms with Gasteiger partial charge in [0, 0.05) is 12.1 Å². The summed E-state index contributed by atoms with van der Waals surface area (Å²) >= 11 is 0. The molecular formula is C13H16N4O2. The highest BCUT2D eigenvalue weighted by atomic mass is 16.6. The van der Waals surface area contributed by atoms with Crippen LogP contribution in [-0.4, -0.2) is 22.9 Å². The van der Waals surface area contributed by atoms with Crippen LogP contribution in [0.5, 0.6) is 0 Å². The number of rotatable bonds is 5. The molecule has 0 aliphatic rings. The van der Waals surface area contributed by atoms with Gasteiger partial charge in [-0.15, -0.1) is 0 Å². The predicted octanol–water partition coefficient (Wildman–Crippen LogP) is 2.66. The summed E-state index contributed by atoms with van der Waals surface area (Å²) in [7, 11) is 0. The molecule has 0 bridgehead atoms. The van der Waals surface area contributed by atoms with Gasteiger partial charge in [-0.2, -0.15) is 0 Å². The summed E-state index contributed by atoms with van der Waals surface area (Å²) in [5.41, 5.74) is 1.36. The first-order chi connectivity index (χ1) is 9.31. The van der Waals surface area contributed by atoms with Gasteiger partial charge in [0.05, 0.1) is 0 Å². The van der Waals surface area contributed by atoms with Crippen molar-refractivity contribution < 1.29 is 9.42 Å². The molecule has 2 rings (SSSR count). The molecule has 0 aliphatic carbocycles. The number of nitrogens with zero attached hydrogens (tertiary/aromatic N) is 2. The monoisotopic (exact) mass is 260 g/mol. The van der Waals surface area contributed by atoms with Crippen molar-refractivity contribution in [3.8, 4) is 11.3 Å². The number of unbranched alkanes of at least 4 members (excludes halogenated alkanes) is 1. The number of carbonyl (C=O) groups is 1. The molecule has 100 valence electrons. The van der Waals surface area contributed by atoms with Gasteiger partial charge in [-0.25, -0.2) is 9.42 Å². The van der Waals surface area contributed by atoms with E-state index < -0.39 is 0 Å². The molecule has 1 aromatic carbocycles. The number of aromatic nitrogens is 2. The lowest BCUT2D eigenvalue weighted by Crippen LogP contribution is -2.29. The molecule has 19 heavy (non-hydrogen) atoms. The third-order valence-corrected chi connectivity index (χ3v) is 2.58. The number of benzene rings is 1. The number of amides is 2. The van der Waals surface area contributed by atoms with Crippen molar-refractivity contribution >= 4 is 11.8 Å². The Balaban J connectivity index is 2.02. The molecule has 0 aliphatic heterocycles. The molecule has 1 aromatic heterocycles. The Bertz CT molecular complexity index is 524. The molecule has 0 fully saturated rings. The van der Waals surface area contributed by atoms with E-state index >= 15 is 0 Å². The van der Waals surface area contributed by atoms with Crippen molar-refractivity contribution in [1.29, 1.82) is 0 Å². The molecule has 2 N–H and O–H groups in total. The second-order valence-electron chi connectivity index (χ2n) is 4.06. The second kappa shape index (κ2) is 6.53. The SMILES string of the molecule is CCCCNC(=O)Nc1nonc1-c1ccccc1. The molecule has 0 atom stereocenters. The largest absolute Gasteiger partial charge is 0.338 e. The van der Waals surface area contributed by atoms with E-state index in [1.54, 1.807) is 0 Å². The predicted molar refractivity (Wildman–Crippen MR) is 71.7 cm³/mol. The molecule has 0 spiro atoms. The van der Waals surface area contributed by atoms with Crippen LogP contribution in [0.25, 0.3) is 11.3 Å². The normalized spacial score (nSPS) is 10.2. The topological polar surface area (TPSA) is 80.0 Å². The minimum Gasteiger partial charge on any atom is -0.338 e. The Morgan fingerprint density at radius 3 is 2.79 bits per heavy atom. The molecular weight excluding hydrogens is 244 g/mol. The van der Waals surface area contributed by atoms with Crippen LogP contribution in [0.4, 0.5) is 10.6 Å². The lowest BCUT2D eigenvalue weighted by atomic mass is 10.1. The molecule has 0 saturated heterocycles. The van der Waals surface area contributed by atoms with Crippen molar-refractivity contribution in [2.45, 2.75) is 19.8 Å². The highest BCUT2D eigenvalue weighted by Crippen LogP contribution is 2.23. The molecule has 1 heterocycles. The first-order valence-corrected chi connectivity index (χ1v) is 6.24. The maximum Gasteiger partial charge on any atom is 0.320 e. The first-order valence-electron chi connectivity index (χ1n) is 6.24. The van der Waals surface area contributed by atoms with Crippen LogP contribution in [0, 0.1) is 0 Å². The van der Waals surface area contributed by atoms with Crippen molar-refractivity contribution in [2.75, 3.05) is 11.9 Å². The van der Waals surface area contributed by atoms with Crippen molar-refractivity contribution in [3.63, 3.8) is 0 Å².